The van der Waals surface area contributed by atoms with Crippen LogP contribution in [0.15, 0.2) is 0 Å². The summed E-state index contributed by atoms with van der Waals surface area (Å²) in [5.41, 5.74) is 5.44. The quantitative estimate of drug-likeness (QED) is 0.640. The lowest BCUT2D eigenvalue weighted by molar-refractivity contribution is 0.284. The topological polar surface area (TPSA) is 73.9 Å². The number of nitrogens with zero attached hydrogens (tertiary/aromatic N) is 3. The van der Waals surface area contributed by atoms with Crippen LogP contribution in [-0.2, 0) is 0 Å². The third-order valence-electron chi connectivity index (χ3n) is 1.57. The molecule has 0 bridgehead atoms. The summed E-state index contributed by atoms with van der Waals surface area (Å²) in [6.45, 7) is 2.60. The van der Waals surface area contributed by atoms with E-state index in [1.807, 2.05) is 0 Å². The van der Waals surface area contributed by atoms with Gasteiger partial charge in [0.15, 0.2) is 10.7 Å². The van der Waals surface area contributed by atoms with Crippen LogP contribution in [0.2, 0.25) is 0 Å². The second-order valence-electron chi connectivity index (χ2n) is 2.84. The van der Waals surface area contributed by atoms with Gasteiger partial charge < -0.3 is 10.5 Å². The summed E-state index contributed by atoms with van der Waals surface area (Å²) in [5.74, 6) is 0.259. The number of rotatable bonds is 5. The molecular formula is C8H12Cl2N4O. The Bertz CT molecular complexity index is 322. The van der Waals surface area contributed by atoms with Crippen LogP contribution in [0.4, 0.5) is 5.95 Å². The molecule has 1 aromatic heterocycles. The Morgan fingerprint density at radius 3 is 2.67 bits per heavy atom. The summed E-state index contributed by atoms with van der Waals surface area (Å²) in [4.78, 5) is 10.7. The van der Waals surface area contributed by atoms with E-state index in [1.165, 1.54) is 0 Å². The second kappa shape index (κ2) is 5.92. The normalized spacial score (nSPS) is 10.7. The Balaban J connectivity index is 2.71. The maximum absolute atomic E-state index is 5.61. The number of halogens is 2. The van der Waals surface area contributed by atoms with Crippen molar-refractivity contribution in [3.63, 3.8) is 0 Å². The van der Waals surface area contributed by atoms with E-state index >= 15 is 0 Å². The number of nitrogens with two attached hydrogens (primary N) is 1. The molecule has 7 heteroatoms. The van der Waals surface area contributed by atoms with Crippen LogP contribution in [0.3, 0.4) is 0 Å². The van der Waals surface area contributed by atoms with Gasteiger partial charge >= 0.3 is 6.01 Å². The largest absolute Gasteiger partial charge is 0.463 e. The molecule has 2 N–H and O–H groups in total. The Morgan fingerprint density at radius 2 is 2.07 bits per heavy atom. The van der Waals surface area contributed by atoms with E-state index in [2.05, 4.69) is 21.9 Å². The SMILES string of the molecule is CCCCOc1nc(N)nc(C(Cl)Cl)n1. The molecule has 0 atom stereocenters. The maximum Gasteiger partial charge on any atom is 0.321 e. The first kappa shape index (κ1) is 12.3. The minimum atomic E-state index is -0.830. The lowest BCUT2D eigenvalue weighted by atomic mass is 10.4. The van der Waals surface area contributed by atoms with Gasteiger partial charge in [-0.05, 0) is 6.42 Å². The van der Waals surface area contributed by atoms with Crippen molar-refractivity contribution < 1.29 is 4.74 Å². The molecule has 0 radical (unpaired) electrons. The van der Waals surface area contributed by atoms with E-state index in [4.69, 9.17) is 33.7 Å². The third-order valence-corrected chi connectivity index (χ3v) is 1.96. The highest BCUT2D eigenvalue weighted by Gasteiger charge is 2.11. The predicted octanol–water partition coefficient (Wildman–Crippen LogP) is 2.11. The summed E-state index contributed by atoms with van der Waals surface area (Å²) < 4.78 is 5.26. The summed E-state index contributed by atoms with van der Waals surface area (Å²) in [5, 5.41) is 0. The van der Waals surface area contributed by atoms with Crippen LogP contribution in [0.5, 0.6) is 6.01 Å². The van der Waals surface area contributed by atoms with Gasteiger partial charge in [0.05, 0.1) is 6.61 Å². The molecule has 1 aromatic rings. The second-order valence-corrected chi connectivity index (χ2v) is 3.93. The van der Waals surface area contributed by atoms with E-state index in [1.54, 1.807) is 0 Å². The first-order chi connectivity index (χ1) is 7.13. The smallest absolute Gasteiger partial charge is 0.321 e. The fourth-order valence-electron chi connectivity index (χ4n) is 0.858. The molecule has 0 amide bonds. The van der Waals surface area contributed by atoms with Crippen LogP contribution in [0.1, 0.15) is 30.4 Å². The summed E-state index contributed by atoms with van der Waals surface area (Å²) in [6, 6.07) is 0.164. The van der Waals surface area contributed by atoms with Crippen LogP contribution in [0.25, 0.3) is 0 Å². The van der Waals surface area contributed by atoms with Crippen LogP contribution in [0, 0.1) is 0 Å². The fourth-order valence-corrected chi connectivity index (χ4v) is 1.05. The minimum Gasteiger partial charge on any atom is -0.463 e. The number of nitrogen functional groups attached to an aromatic ring is 1. The van der Waals surface area contributed by atoms with Crippen molar-refractivity contribution in [3.8, 4) is 6.01 Å². The zero-order chi connectivity index (χ0) is 11.3. The van der Waals surface area contributed by atoms with E-state index in [9.17, 15) is 0 Å². The van der Waals surface area contributed by atoms with Gasteiger partial charge in [0.25, 0.3) is 0 Å². The van der Waals surface area contributed by atoms with E-state index in [0.29, 0.717) is 6.61 Å². The van der Waals surface area contributed by atoms with E-state index < -0.39 is 4.84 Å². The molecule has 15 heavy (non-hydrogen) atoms. The first-order valence-corrected chi connectivity index (χ1v) is 5.43. The molecule has 1 heterocycles. The molecule has 0 spiro atoms. The van der Waals surface area contributed by atoms with Crippen molar-refractivity contribution in [3.05, 3.63) is 5.82 Å². The van der Waals surface area contributed by atoms with Gasteiger partial charge in [0, 0.05) is 0 Å². The molecule has 0 unspecified atom stereocenters. The Kier molecular flexibility index (Phi) is 4.84. The number of hydrogen-bond donors (Lipinski definition) is 1. The highest BCUT2D eigenvalue weighted by Crippen LogP contribution is 2.22. The highest BCUT2D eigenvalue weighted by molar-refractivity contribution is 6.43. The van der Waals surface area contributed by atoms with Crippen LogP contribution in [-0.4, -0.2) is 21.6 Å². The van der Waals surface area contributed by atoms with Gasteiger partial charge in [-0.15, -0.1) is 0 Å². The van der Waals surface area contributed by atoms with Gasteiger partial charge in [0.1, 0.15) is 0 Å². The minimum absolute atomic E-state index is 0.0535. The van der Waals surface area contributed by atoms with Gasteiger partial charge in [-0.1, -0.05) is 36.5 Å². The number of alkyl halides is 2. The van der Waals surface area contributed by atoms with Gasteiger partial charge in [-0.2, -0.15) is 15.0 Å². The summed E-state index contributed by atoms with van der Waals surface area (Å²) in [6.07, 6.45) is 1.95. The molecule has 0 aromatic carbocycles. The lowest BCUT2D eigenvalue weighted by Crippen LogP contribution is -2.07. The lowest BCUT2D eigenvalue weighted by Gasteiger charge is -2.06. The van der Waals surface area contributed by atoms with E-state index in [-0.39, 0.29) is 17.8 Å². The number of ether oxygens (including phenoxy) is 1. The zero-order valence-electron chi connectivity index (χ0n) is 8.28. The van der Waals surface area contributed by atoms with E-state index in [0.717, 1.165) is 12.8 Å². The molecule has 1 rings (SSSR count). The third kappa shape index (κ3) is 4.05. The molecule has 0 fully saturated rings. The zero-order valence-corrected chi connectivity index (χ0v) is 9.79. The molecule has 0 aliphatic rings. The number of anilines is 1. The fraction of sp³-hybridized carbons (Fsp3) is 0.625. The summed E-state index contributed by atoms with van der Waals surface area (Å²) in [7, 11) is 0. The van der Waals surface area contributed by atoms with Crippen LogP contribution >= 0.6 is 23.2 Å². The molecule has 5 nitrogen and oxygen atoms in total. The first-order valence-electron chi connectivity index (χ1n) is 4.56. The standard InChI is InChI=1S/C8H12Cl2N4O/c1-2-3-4-15-8-13-6(5(9)10)12-7(11)14-8/h5H,2-4H2,1H3,(H2,11,12,13,14). The van der Waals surface area contributed by atoms with Gasteiger partial charge in [0.2, 0.25) is 5.95 Å². The molecule has 0 saturated carbocycles. The Hall–Kier alpha value is -0.810. The molecular weight excluding hydrogens is 239 g/mol. The molecule has 0 aliphatic heterocycles. The predicted molar refractivity (Wildman–Crippen MR) is 59.1 cm³/mol. The molecule has 0 aliphatic carbocycles. The van der Waals surface area contributed by atoms with Crippen molar-refractivity contribution in [2.24, 2.45) is 0 Å². The average Bonchev–Trinajstić information content (AvgIpc) is 2.17. The Labute approximate surface area is 98.0 Å². The monoisotopic (exact) mass is 250 g/mol. The number of aromatic nitrogens is 3. The van der Waals surface area contributed by atoms with Crippen molar-refractivity contribution in [1.29, 1.82) is 0 Å². The average molecular weight is 251 g/mol. The van der Waals surface area contributed by atoms with Crippen LogP contribution < -0.4 is 10.5 Å². The van der Waals surface area contributed by atoms with Crippen molar-refractivity contribution in [2.75, 3.05) is 12.3 Å². The summed E-state index contributed by atoms with van der Waals surface area (Å²) >= 11 is 11.2. The molecule has 0 saturated heterocycles. The van der Waals surface area contributed by atoms with Crippen molar-refractivity contribution in [1.82, 2.24) is 15.0 Å². The number of hydrogen-bond acceptors (Lipinski definition) is 5. The van der Waals surface area contributed by atoms with Crippen molar-refractivity contribution >= 4 is 29.2 Å². The molecule has 84 valence electrons. The highest BCUT2D eigenvalue weighted by atomic mass is 35.5. The maximum atomic E-state index is 5.61. The Morgan fingerprint density at radius 1 is 1.33 bits per heavy atom. The van der Waals surface area contributed by atoms with Crippen molar-refractivity contribution in [2.45, 2.75) is 24.6 Å². The van der Waals surface area contributed by atoms with Gasteiger partial charge in [-0.3, -0.25) is 0 Å². The number of unbranched alkanes of at least 4 members (excludes halogenated alkanes) is 1. The van der Waals surface area contributed by atoms with Gasteiger partial charge in [-0.25, -0.2) is 0 Å².